The average molecular weight is 266 g/mol. The number of hydrogen-bond acceptors (Lipinski definition) is 3. The van der Waals surface area contributed by atoms with E-state index in [9.17, 15) is 14.3 Å². The lowest BCUT2D eigenvalue weighted by Gasteiger charge is -2.22. The van der Waals surface area contributed by atoms with Crippen LogP contribution in [0.5, 0.6) is 5.75 Å². The number of nitrogens with one attached hydrogen (secondary N) is 1. The first-order chi connectivity index (χ1) is 9.08. The van der Waals surface area contributed by atoms with Crippen molar-refractivity contribution in [2.24, 2.45) is 5.73 Å². The highest BCUT2D eigenvalue weighted by molar-refractivity contribution is 5.97. The number of amides is 1. The van der Waals surface area contributed by atoms with Gasteiger partial charge in [0.25, 0.3) is 5.91 Å². The summed E-state index contributed by atoms with van der Waals surface area (Å²) in [6, 6.07) is 3.22. The standard InChI is InChI=1S/C14H19FN2O2/c15-9-6-7-10(13(18)8-9)14(19)17-12-5-3-1-2-4-11(12)16/h6-8,11-12,18H,1-5,16H2,(H,17,19). The van der Waals surface area contributed by atoms with Gasteiger partial charge in [0.15, 0.2) is 0 Å². The lowest BCUT2D eigenvalue weighted by molar-refractivity contribution is 0.0926. The molecule has 0 radical (unpaired) electrons. The fourth-order valence-electron chi connectivity index (χ4n) is 2.46. The molecule has 104 valence electrons. The first-order valence-electron chi connectivity index (χ1n) is 6.63. The summed E-state index contributed by atoms with van der Waals surface area (Å²) in [6.45, 7) is 0. The van der Waals surface area contributed by atoms with Crippen molar-refractivity contribution >= 4 is 5.91 Å². The Morgan fingerprint density at radius 3 is 2.79 bits per heavy atom. The van der Waals surface area contributed by atoms with Gasteiger partial charge in [-0.2, -0.15) is 0 Å². The highest BCUT2D eigenvalue weighted by Gasteiger charge is 2.23. The van der Waals surface area contributed by atoms with Crippen LogP contribution < -0.4 is 11.1 Å². The van der Waals surface area contributed by atoms with Crippen molar-refractivity contribution in [1.29, 1.82) is 0 Å². The predicted molar refractivity (Wildman–Crippen MR) is 70.4 cm³/mol. The molecule has 0 spiro atoms. The molecule has 1 aromatic rings. The molecule has 1 aromatic carbocycles. The van der Waals surface area contributed by atoms with E-state index in [0.717, 1.165) is 44.2 Å². The van der Waals surface area contributed by atoms with E-state index >= 15 is 0 Å². The van der Waals surface area contributed by atoms with Crippen LogP contribution in [0.1, 0.15) is 42.5 Å². The molecule has 0 saturated heterocycles. The van der Waals surface area contributed by atoms with Gasteiger partial charge in [0.05, 0.1) is 5.56 Å². The van der Waals surface area contributed by atoms with Crippen molar-refractivity contribution in [3.63, 3.8) is 0 Å². The summed E-state index contributed by atoms with van der Waals surface area (Å²) in [7, 11) is 0. The van der Waals surface area contributed by atoms with Gasteiger partial charge in [-0.3, -0.25) is 4.79 Å². The van der Waals surface area contributed by atoms with Gasteiger partial charge < -0.3 is 16.2 Å². The monoisotopic (exact) mass is 266 g/mol. The first-order valence-corrected chi connectivity index (χ1v) is 6.63. The number of phenolic OH excluding ortho intramolecular Hbond substituents is 1. The summed E-state index contributed by atoms with van der Waals surface area (Å²) < 4.78 is 12.9. The minimum Gasteiger partial charge on any atom is -0.507 e. The second-order valence-corrected chi connectivity index (χ2v) is 5.04. The van der Waals surface area contributed by atoms with Crippen molar-refractivity contribution in [3.05, 3.63) is 29.6 Å². The van der Waals surface area contributed by atoms with Gasteiger partial charge in [0, 0.05) is 18.2 Å². The maximum Gasteiger partial charge on any atom is 0.255 e. The topological polar surface area (TPSA) is 75.3 Å². The van der Waals surface area contributed by atoms with Crippen LogP contribution in [0.15, 0.2) is 18.2 Å². The van der Waals surface area contributed by atoms with Gasteiger partial charge in [0.2, 0.25) is 0 Å². The molecule has 0 aliphatic heterocycles. The summed E-state index contributed by atoms with van der Waals surface area (Å²) in [5.41, 5.74) is 6.11. The number of carbonyl (C=O) groups is 1. The molecule has 0 heterocycles. The van der Waals surface area contributed by atoms with Gasteiger partial charge in [-0.1, -0.05) is 19.3 Å². The number of aromatic hydroxyl groups is 1. The van der Waals surface area contributed by atoms with E-state index in [0.29, 0.717) is 0 Å². The minimum absolute atomic E-state index is 0.0611. The predicted octanol–water partition coefficient (Wildman–Crippen LogP) is 1.92. The van der Waals surface area contributed by atoms with Crippen molar-refractivity contribution < 1.29 is 14.3 Å². The lowest BCUT2D eigenvalue weighted by atomic mass is 10.0. The Bertz CT molecular complexity index is 465. The minimum atomic E-state index is -0.569. The highest BCUT2D eigenvalue weighted by Crippen LogP contribution is 2.20. The van der Waals surface area contributed by atoms with Crippen LogP contribution in [0, 0.1) is 5.82 Å². The summed E-state index contributed by atoms with van der Waals surface area (Å²) in [5.74, 6) is -1.32. The van der Waals surface area contributed by atoms with Gasteiger partial charge in [-0.05, 0) is 25.0 Å². The van der Waals surface area contributed by atoms with Crippen LogP contribution in [0.4, 0.5) is 4.39 Å². The summed E-state index contributed by atoms with van der Waals surface area (Å²) in [5, 5.41) is 12.4. The summed E-state index contributed by atoms with van der Waals surface area (Å²) >= 11 is 0. The first kappa shape index (κ1) is 13.8. The molecule has 0 bridgehead atoms. The number of benzene rings is 1. The van der Waals surface area contributed by atoms with E-state index in [1.54, 1.807) is 0 Å². The van der Waals surface area contributed by atoms with E-state index in [1.165, 1.54) is 6.07 Å². The largest absolute Gasteiger partial charge is 0.507 e. The smallest absolute Gasteiger partial charge is 0.255 e. The van der Waals surface area contributed by atoms with Crippen LogP contribution in [0.25, 0.3) is 0 Å². The molecule has 1 aliphatic carbocycles. The average Bonchev–Trinajstić information content (AvgIpc) is 2.55. The molecule has 2 rings (SSSR count). The van der Waals surface area contributed by atoms with Crippen molar-refractivity contribution in [2.45, 2.75) is 44.2 Å². The fourth-order valence-corrected chi connectivity index (χ4v) is 2.46. The molecule has 19 heavy (non-hydrogen) atoms. The number of halogens is 1. The number of carbonyl (C=O) groups excluding carboxylic acids is 1. The Labute approximate surface area is 111 Å². The SMILES string of the molecule is NC1CCCCCC1NC(=O)c1ccc(F)cc1O. The zero-order valence-corrected chi connectivity index (χ0v) is 10.7. The molecule has 4 nitrogen and oxygen atoms in total. The number of hydrogen-bond donors (Lipinski definition) is 3. The third-order valence-electron chi connectivity index (χ3n) is 3.59. The van der Waals surface area contributed by atoms with Crippen LogP contribution >= 0.6 is 0 Å². The third-order valence-corrected chi connectivity index (χ3v) is 3.59. The van der Waals surface area contributed by atoms with Crippen molar-refractivity contribution in [3.8, 4) is 5.75 Å². The molecule has 1 saturated carbocycles. The molecule has 0 aromatic heterocycles. The molecule has 4 N–H and O–H groups in total. The van der Waals surface area contributed by atoms with Crippen LogP contribution in [0.2, 0.25) is 0 Å². The van der Waals surface area contributed by atoms with E-state index in [2.05, 4.69) is 5.32 Å². The zero-order chi connectivity index (χ0) is 13.8. The van der Waals surface area contributed by atoms with Crippen LogP contribution in [0.3, 0.4) is 0 Å². The molecular formula is C14H19FN2O2. The Morgan fingerprint density at radius 1 is 1.32 bits per heavy atom. The van der Waals surface area contributed by atoms with Gasteiger partial charge in [-0.25, -0.2) is 4.39 Å². The van der Waals surface area contributed by atoms with Crippen LogP contribution in [-0.4, -0.2) is 23.1 Å². The zero-order valence-electron chi connectivity index (χ0n) is 10.7. The fraction of sp³-hybridized carbons (Fsp3) is 0.500. The Hall–Kier alpha value is -1.62. The molecule has 1 aliphatic rings. The Balaban J connectivity index is 2.07. The Morgan fingerprint density at radius 2 is 2.05 bits per heavy atom. The molecule has 1 fully saturated rings. The van der Waals surface area contributed by atoms with Gasteiger partial charge in [0.1, 0.15) is 11.6 Å². The van der Waals surface area contributed by atoms with Crippen LogP contribution in [-0.2, 0) is 0 Å². The maximum absolute atomic E-state index is 12.9. The summed E-state index contributed by atoms with van der Waals surface area (Å²) in [6.07, 6.45) is 4.97. The molecule has 2 unspecified atom stereocenters. The van der Waals surface area contributed by atoms with E-state index in [4.69, 9.17) is 5.73 Å². The van der Waals surface area contributed by atoms with E-state index in [1.807, 2.05) is 0 Å². The normalized spacial score (nSPS) is 23.7. The molecule has 1 amide bonds. The number of rotatable bonds is 2. The lowest BCUT2D eigenvalue weighted by Crippen LogP contribution is -2.46. The molecule has 5 heteroatoms. The van der Waals surface area contributed by atoms with Gasteiger partial charge >= 0.3 is 0 Å². The van der Waals surface area contributed by atoms with E-state index in [-0.39, 0.29) is 23.4 Å². The van der Waals surface area contributed by atoms with Crippen molar-refractivity contribution in [2.75, 3.05) is 0 Å². The second-order valence-electron chi connectivity index (χ2n) is 5.04. The Kier molecular flexibility index (Phi) is 4.37. The summed E-state index contributed by atoms with van der Waals surface area (Å²) in [4.78, 5) is 12.1. The quantitative estimate of drug-likeness (QED) is 0.716. The second kappa shape index (κ2) is 6.02. The third kappa shape index (κ3) is 3.44. The maximum atomic E-state index is 12.9. The van der Waals surface area contributed by atoms with E-state index < -0.39 is 11.7 Å². The molecular weight excluding hydrogens is 247 g/mol. The highest BCUT2D eigenvalue weighted by atomic mass is 19.1. The van der Waals surface area contributed by atoms with Gasteiger partial charge in [-0.15, -0.1) is 0 Å². The van der Waals surface area contributed by atoms with Crippen molar-refractivity contribution in [1.82, 2.24) is 5.32 Å². The number of phenols is 1. The number of nitrogens with two attached hydrogens (primary N) is 1. The molecule has 2 atom stereocenters.